The van der Waals surface area contributed by atoms with Crippen LogP contribution in [0, 0.1) is 12.3 Å². The molecule has 0 amide bonds. The van der Waals surface area contributed by atoms with Gasteiger partial charge in [-0.25, -0.2) is 0 Å². The standard InChI is InChI=1S/C13H14ClNO/c1-2-7-16-13-6-3-10(8-12(13)14)9-15-11-4-5-11/h1,3,6,8,11,15H,4-5,7,9H2. The molecule has 2 rings (SSSR count). The molecule has 16 heavy (non-hydrogen) atoms. The molecule has 1 N–H and O–H groups in total. The Balaban J connectivity index is 1.94. The fourth-order valence-electron chi connectivity index (χ4n) is 1.44. The first-order valence-electron chi connectivity index (χ1n) is 5.37. The first-order chi connectivity index (χ1) is 7.79. The van der Waals surface area contributed by atoms with E-state index in [0.717, 1.165) is 6.54 Å². The van der Waals surface area contributed by atoms with Crippen molar-refractivity contribution >= 4 is 11.6 Å². The van der Waals surface area contributed by atoms with Crippen molar-refractivity contribution in [2.75, 3.05) is 6.61 Å². The number of hydrogen-bond acceptors (Lipinski definition) is 2. The Morgan fingerprint density at radius 1 is 1.50 bits per heavy atom. The zero-order chi connectivity index (χ0) is 11.4. The van der Waals surface area contributed by atoms with Crippen molar-refractivity contribution in [3.63, 3.8) is 0 Å². The van der Waals surface area contributed by atoms with E-state index in [1.807, 2.05) is 18.2 Å². The Hall–Kier alpha value is -1.17. The molecule has 84 valence electrons. The number of terminal acetylenes is 1. The van der Waals surface area contributed by atoms with Gasteiger partial charge in [-0.15, -0.1) is 6.42 Å². The Morgan fingerprint density at radius 3 is 2.94 bits per heavy atom. The smallest absolute Gasteiger partial charge is 0.148 e. The number of rotatable bonds is 5. The van der Waals surface area contributed by atoms with E-state index in [4.69, 9.17) is 22.8 Å². The van der Waals surface area contributed by atoms with E-state index in [0.29, 0.717) is 16.8 Å². The van der Waals surface area contributed by atoms with Crippen LogP contribution in [0.5, 0.6) is 5.75 Å². The predicted octanol–water partition coefficient (Wildman–Crippen LogP) is 2.60. The van der Waals surface area contributed by atoms with E-state index in [-0.39, 0.29) is 6.61 Å². The molecule has 0 saturated heterocycles. The van der Waals surface area contributed by atoms with Crippen molar-refractivity contribution in [3.05, 3.63) is 28.8 Å². The van der Waals surface area contributed by atoms with E-state index >= 15 is 0 Å². The molecule has 0 atom stereocenters. The second-order valence-electron chi connectivity index (χ2n) is 3.91. The van der Waals surface area contributed by atoms with Gasteiger partial charge in [0.1, 0.15) is 12.4 Å². The van der Waals surface area contributed by atoms with Crippen LogP contribution in [0.4, 0.5) is 0 Å². The quantitative estimate of drug-likeness (QED) is 0.793. The molecule has 1 saturated carbocycles. The van der Waals surface area contributed by atoms with Crippen LogP contribution >= 0.6 is 11.6 Å². The van der Waals surface area contributed by atoms with Crippen LogP contribution in [-0.4, -0.2) is 12.6 Å². The molecule has 0 bridgehead atoms. The zero-order valence-electron chi connectivity index (χ0n) is 9.00. The normalized spacial score (nSPS) is 14.5. The van der Waals surface area contributed by atoms with Crippen LogP contribution < -0.4 is 10.1 Å². The number of ether oxygens (including phenoxy) is 1. The molecule has 1 aliphatic carbocycles. The highest BCUT2D eigenvalue weighted by atomic mass is 35.5. The SMILES string of the molecule is C#CCOc1ccc(CNC2CC2)cc1Cl. The highest BCUT2D eigenvalue weighted by Crippen LogP contribution is 2.26. The average molecular weight is 236 g/mol. The number of hydrogen-bond donors (Lipinski definition) is 1. The lowest BCUT2D eigenvalue weighted by molar-refractivity contribution is 0.370. The lowest BCUT2D eigenvalue weighted by Crippen LogP contribution is -2.15. The lowest BCUT2D eigenvalue weighted by Gasteiger charge is -2.08. The molecule has 0 spiro atoms. The molecular weight excluding hydrogens is 222 g/mol. The third-order valence-electron chi connectivity index (χ3n) is 2.48. The molecule has 0 unspecified atom stereocenters. The van der Waals surface area contributed by atoms with Crippen molar-refractivity contribution < 1.29 is 4.74 Å². The van der Waals surface area contributed by atoms with Gasteiger partial charge in [-0.05, 0) is 30.5 Å². The maximum absolute atomic E-state index is 6.07. The Labute approximate surface area is 101 Å². The summed E-state index contributed by atoms with van der Waals surface area (Å²) in [6, 6.07) is 6.50. The molecule has 0 aromatic heterocycles. The summed E-state index contributed by atoms with van der Waals surface area (Å²) >= 11 is 6.07. The van der Waals surface area contributed by atoms with E-state index < -0.39 is 0 Å². The van der Waals surface area contributed by atoms with Crippen LogP contribution in [-0.2, 0) is 6.54 Å². The average Bonchev–Trinajstić information content (AvgIpc) is 3.09. The van der Waals surface area contributed by atoms with Crippen molar-refractivity contribution in [2.45, 2.75) is 25.4 Å². The van der Waals surface area contributed by atoms with Crippen LogP contribution in [0.1, 0.15) is 18.4 Å². The van der Waals surface area contributed by atoms with Gasteiger partial charge in [-0.1, -0.05) is 23.6 Å². The van der Waals surface area contributed by atoms with Crippen molar-refractivity contribution in [1.82, 2.24) is 5.32 Å². The lowest BCUT2D eigenvalue weighted by atomic mass is 10.2. The summed E-state index contributed by atoms with van der Waals surface area (Å²) in [5, 5.41) is 4.05. The van der Waals surface area contributed by atoms with E-state index in [1.54, 1.807) is 0 Å². The maximum Gasteiger partial charge on any atom is 0.148 e. The Bertz CT molecular complexity index is 407. The summed E-state index contributed by atoms with van der Waals surface area (Å²) in [4.78, 5) is 0. The Morgan fingerprint density at radius 2 is 2.31 bits per heavy atom. The molecule has 1 aromatic rings. The minimum atomic E-state index is 0.249. The van der Waals surface area contributed by atoms with Crippen LogP contribution in [0.25, 0.3) is 0 Å². The van der Waals surface area contributed by atoms with Gasteiger partial charge in [-0.3, -0.25) is 0 Å². The molecular formula is C13H14ClNO. The zero-order valence-corrected chi connectivity index (χ0v) is 9.76. The molecule has 0 aliphatic heterocycles. The summed E-state index contributed by atoms with van der Waals surface area (Å²) < 4.78 is 5.29. The second-order valence-corrected chi connectivity index (χ2v) is 4.32. The van der Waals surface area contributed by atoms with Gasteiger partial charge in [0.2, 0.25) is 0 Å². The second kappa shape index (κ2) is 5.25. The highest BCUT2D eigenvalue weighted by Gasteiger charge is 2.19. The third-order valence-corrected chi connectivity index (χ3v) is 2.77. The van der Waals surface area contributed by atoms with E-state index in [9.17, 15) is 0 Å². The van der Waals surface area contributed by atoms with E-state index in [1.165, 1.54) is 18.4 Å². The van der Waals surface area contributed by atoms with Gasteiger partial charge in [0.15, 0.2) is 0 Å². The Kier molecular flexibility index (Phi) is 3.71. The monoisotopic (exact) mass is 235 g/mol. The third kappa shape index (κ3) is 3.16. The minimum Gasteiger partial charge on any atom is -0.479 e. The van der Waals surface area contributed by atoms with Gasteiger partial charge in [-0.2, -0.15) is 0 Å². The molecule has 3 heteroatoms. The molecule has 0 heterocycles. The fourth-order valence-corrected chi connectivity index (χ4v) is 1.70. The summed E-state index contributed by atoms with van der Waals surface area (Å²) in [6.07, 6.45) is 7.69. The van der Waals surface area contributed by atoms with Gasteiger partial charge < -0.3 is 10.1 Å². The number of nitrogens with one attached hydrogen (secondary N) is 1. The number of halogens is 1. The molecule has 1 aliphatic rings. The van der Waals surface area contributed by atoms with Gasteiger partial charge >= 0.3 is 0 Å². The maximum atomic E-state index is 6.07. The van der Waals surface area contributed by atoms with Gasteiger partial charge in [0.25, 0.3) is 0 Å². The highest BCUT2D eigenvalue weighted by molar-refractivity contribution is 6.32. The number of benzene rings is 1. The summed E-state index contributed by atoms with van der Waals surface area (Å²) in [6.45, 7) is 1.11. The van der Waals surface area contributed by atoms with Crippen LogP contribution in [0.2, 0.25) is 5.02 Å². The van der Waals surface area contributed by atoms with Crippen molar-refractivity contribution in [1.29, 1.82) is 0 Å². The first-order valence-corrected chi connectivity index (χ1v) is 5.75. The van der Waals surface area contributed by atoms with E-state index in [2.05, 4.69) is 11.2 Å². The molecule has 0 radical (unpaired) electrons. The summed E-state index contributed by atoms with van der Waals surface area (Å²) in [5.41, 5.74) is 1.17. The predicted molar refractivity (Wildman–Crippen MR) is 65.6 cm³/mol. The largest absolute Gasteiger partial charge is 0.479 e. The topological polar surface area (TPSA) is 21.3 Å². The van der Waals surface area contributed by atoms with Crippen LogP contribution in [0.15, 0.2) is 18.2 Å². The molecule has 1 fully saturated rings. The molecule has 2 nitrogen and oxygen atoms in total. The van der Waals surface area contributed by atoms with Crippen molar-refractivity contribution in [2.24, 2.45) is 0 Å². The molecule has 1 aromatic carbocycles. The van der Waals surface area contributed by atoms with Crippen molar-refractivity contribution in [3.8, 4) is 18.1 Å². The van der Waals surface area contributed by atoms with Gasteiger partial charge in [0.05, 0.1) is 5.02 Å². The van der Waals surface area contributed by atoms with Crippen LogP contribution in [0.3, 0.4) is 0 Å². The fraction of sp³-hybridized carbons (Fsp3) is 0.385. The minimum absolute atomic E-state index is 0.249. The first kappa shape index (κ1) is 11.3. The van der Waals surface area contributed by atoms with Gasteiger partial charge in [0, 0.05) is 12.6 Å². The summed E-state index contributed by atoms with van der Waals surface area (Å²) in [5.74, 6) is 3.06. The summed E-state index contributed by atoms with van der Waals surface area (Å²) in [7, 11) is 0.